The molecule has 0 atom stereocenters. The lowest BCUT2D eigenvalue weighted by Gasteiger charge is -2.22. The maximum atomic E-state index is 11.9. The van der Waals surface area contributed by atoms with Crippen LogP contribution in [0.5, 0.6) is 0 Å². The van der Waals surface area contributed by atoms with Crippen LogP contribution in [0.4, 0.5) is 5.69 Å². The normalized spacial score (nSPS) is 16.0. The second kappa shape index (κ2) is 7.91. The molecule has 1 saturated carbocycles. The Morgan fingerprint density at radius 3 is 2.30 bits per heavy atom. The molecule has 126 valence electrons. The third-order valence-electron chi connectivity index (χ3n) is 4.19. The van der Waals surface area contributed by atoms with E-state index in [2.05, 4.69) is 22.8 Å². The molecule has 1 fully saturated rings. The summed E-state index contributed by atoms with van der Waals surface area (Å²) in [6, 6.07) is 8.45. The number of rotatable bonds is 3. The number of benzene rings is 1. The summed E-state index contributed by atoms with van der Waals surface area (Å²) in [5.74, 6) is 0.657. The Bertz CT molecular complexity index is 539. The molecule has 2 rings (SSSR count). The summed E-state index contributed by atoms with van der Waals surface area (Å²) in [5, 5.41) is 6.20. The van der Waals surface area contributed by atoms with Gasteiger partial charge in [0.2, 0.25) is 5.91 Å². The van der Waals surface area contributed by atoms with Gasteiger partial charge in [-0.05, 0) is 54.1 Å². The van der Waals surface area contributed by atoms with E-state index in [4.69, 9.17) is 12.2 Å². The lowest BCUT2D eigenvalue weighted by Crippen LogP contribution is -2.36. The first-order valence-electron chi connectivity index (χ1n) is 8.54. The van der Waals surface area contributed by atoms with Crippen molar-refractivity contribution in [3.05, 3.63) is 29.8 Å². The van der Waals surface area contributed by atoms with Gasteiger partial charge in [-0.1, -0.05) is 52.2 Å². The van der Waals surface area contributed by atoms with E-state index in [-0.39, 0.29) is 11.3 Å². The van der Waals surface area contributed by atoms with Crippen LogP contribution in [0.25, 0.3) is 0 Å². The second-order valence-corrected chi connectivity index (χ2v) is 8.10. The number of amides is 1. The largest absolute Gasteiger partial charge is 0.332 e. The minimum atomic E-state index is -0.0474. The molecule has 0 saturated heterocycles. The quantitative estimate of drug-likeness (QED) is 0.767. The van der Waals surface area contributed by atoms with Crippen molar-refractivity contribution in [2.45, 2.75) is 65.2 Å². The molecular formula is C19H28N2OS. The molecule has 3 nitrogen and oxygen atoms in total. The summed E-state index contributed by atoms with van der Waals surface area (Å²) in [7, 11) is 0. The minimum Gasteiger partial charge on any atom is -0.332 e. The summed E-state index contributed by atoms with van der Waals surface area (Å²) in [5.41, 5.74) is 2.30. The molecule has 0 bridgehead atoms. The van der Waals surface area contributed by atoms with Gasteiger partial charge in [-0.25, -0.2) is 0 Å². The zero-order valence-electron chi connectivity index (χ0n) is 14.4. The number of hydrogen-bond donors (Lipinski definition) is 2. The number of carbonyl (C=O) groups is 1. The molecule has 0 spiro atoms. The number of nitrogens with one attached hydrogen (secondary N) is 2. The Morgan fingerprint density at radius 1 is 1.13 bits per heavy atom. The van der Waals surface area contributed by atoms with Crippen molar-refractivity contribution >= 4 is 28.9 Å². The summed E-state index contributed by atoms with van der Waals surface area (Å²) < 4.78 is 0. The van der Waals surface area contributed by atoms with Crippen molar-refractivity contribution in [1.29, 1.82) is 0 Å². The van der Waals surface area contributed by atoms with Crippen LogP contribution in [0.15, 0.2) is 24.3 Å². The maximum Gasteiger partial charge on any atom is 0.226 e. The average Bonchev–Trinajstić information content (AvgIpc) is 2.46. The Morgan fingerprint density at radius 2 is 1.74 bits per heavy atom. The van der Waals surface area contributed by atoms with Gasteiger partial charge in [-0.15, -0.1) is 0 Å². The van der Waals surface area contributed by atoms with Gasteiger partial charge in [0.15, 0.2) is 5.11 Å². The van der Waals surface area contributed by atoms with Gasteiger partial charge in [0.1, 0.15) is 0 Å². The summed E-state index contributed by atoms with van der Waals surface area (Å²) in [6.45, 7) is 6.10. The molecule has 0 unspecified atom stereocenters. The predicted octanol–water partition coefficient (Wildman–Crippen LogP) is 4.98. The molecule has 0 heterocycles. The van der Waals surface area contributed by atoms with E-state index in [0.717, 1.165) is 5.69 Å². The average molecular weight is 333 g/mol. The molecule has 23 heavy (non-hydrogen) atoms. The fourth-order valence-electron chi connectivity index (χ4n) is 3.09. The first kappa shape index (κ1) is 17.9. The van der Waals surface area contributed by atoms with E-state index < -0.39 is 0 Å². The Labute approximate surface area is 145 Å². The third kappa shape index (κ3) is 6.30. The van der Waals surface area contributed by atoms with Crippen LogP contribution < -0.4 is 10.6 Å². The Kier molecular flexibility index (Phi) is 6.17. The molecule has 1 aromatic rings. The minimum absolute atomic E-state index is 0.0403. The predicted molar refractivity (Wildman–Crippen MR) is 101 cm³/mol. The highest BCUT2D eigenvalue weighted by Gasteiger charge is 2.17. The van der Waals surface area contributed by atoms with E-state index in [1.54, 1.807) is 0 Å². The highest BCUT2D eigenvalue weighted by molar-refractivity contribution is 7.80. The van der Waals surface area contributed by atoms with Gasteiger partial charge in [0.05, 0.1) is 0 Å². The van der Waals surface area contributed by atoms with Gasteiger partial charge in [-0.2, -0.15) is 0 Å². The van der Waals surface area contributed by atoms with Gasteiger partial charge >= 0.3 is 0 Å². The standard InChI is InChI=1S/C19H28N2OS/c1-19(2,3)13-17(22)21-18(23)20-16-11-9-15(10-12-16)14-7-5-4-6-8-14/h9-12,14H,4-8,13H2,1-3H3,(H2,20,21,22,23). The summed E-state index contributed by atoms with van der Waals surface area (Å²) >= 11 is 5.22. The topological polar surface area (TPSA) is 41.1 Å². The van der Waals surface area contributed by atoms with E-state index in [0.29, 0.717) is 17.5 Å². The van der Waals surface area contributed by atoms with Gasteiger partial charge in [0.25, 0.3) is 0 Å². The highest BCUT2D eigenvalue weighted by atomic mass is 32.1. The lowest BCUT2D eigenvalue weighted by molar-refractivity contribution is -0.121. The number of thiocarbonyl (C=S) groups is 1. The van der Waals surface area contributed by atoms with Gasteiger partial charge < -0.3 is 10.6 Å². The van der Waals surface area contributed by atoms with Crippen molar-refractivity contribution in [1.82, 2.24) is 5.32 Å². The van der Waals surface area contributed by atoms with Crippen LogP contribution in [0.2, 0.25) is 0 Å². The Balaban J connectivity index is 1.85. The fourth-order valence-corrected chi connectivity index (χ4v) is 3.32. The smallest absolute Gasteiger partial charge is 0.226 e. The molecule has 2 N–H and O–H groups in total. The molecule has 1 aliphatic carbocycles. The van der Waals surface area contributed by atoms with Crippen LogP contribution in [-0.4, -0.2) is 11.0 Å². The Hall–Kier alpha value is -1.42. The molecule has 4 heteroatoms. The number of hydrogen-bond acceptors (Lipinski definition) is 2. The lowest BCUT2D eigenvalue weighted by atomic mass is 9.84. The van der Waals surface area contributed by atoms with Crippen LogP contribution >= 0.6 is 12.2 Å². The van der Waals surface area contributed by atoms with E-state index in [1.807, 2.05) is 32.9 Å². The van der Waals surface area contributed by atoms with E-state index >= 15 is 0 Å². The second-order valence-electron chi connectivity index (χ2n) is 7.70. The molecule has 1 aliphatic rings. The van der Waals surface area contributed by atoms with Crippen LogP contribution in [-0.2, 0) is 4.79 Å². The van der Waals surface area contributed by atoms with Crippen molar-refractivity contribution in [3.63, 3.8) is 0 Å². The number of anilines is 1. The van der Waals surface area contributed by atoms with Crippen molar-refractivity contribution < 1.29 is 4.79 Å². The SMILES string of the molecule is CC(C)(C)CC(=O)NC(=S)Nc1ccc(C2CCCCC2)cc1. The summed E-state index contributed by atoms with van der Waals surface area (Å²) in [4.78, 5) is 11.9. The van der Waals surface area contributed by atoms with Gasteiger partial charge in [0, 0.05) is 12.1 Å². The zero-order valence-corrected chi connectivity index (χ0v) is 15.3. The molecule has 0 radical (unpaired) electrons. The van der Waals surface area contributed by atoms with Crippen molar-refractivity contribution in [2.75, 3.05) is 5.32 Å². The first-order chi connectivity index (χ1) is 10.8. The van der Waals surface area contributed by atoms with Crippen molar-refractivity contribution in [2.24, 2.45) is 5.41 Å². The zero-order chi connectivity index (χ0) is 16.9. The van der Waals surface area contributed by atoms with Gasteiger partial charge in [-0.3, -0.25) is 4.79 Å². The summed E-state index contributed by atoms with van der Waals surface area (Å²) in [6.07, 6.45) is 7.11. The van der Waals surface area contributed by atoms with Crippen LogP contribution in [0.3, 0.4) is 0 Å². The molecule has 0 aliphatic heterocycles. The molecule has 1 amide bonds. The van der Waals surface area contributed by atoms with Crippen LogP contribution in [0.1, 0.15) is 70.8 Å². The third-order valence-corrected chi connectivity index (χ3v) is 4.39. The molecule has 0 aromatic heterocycles. The highest BCUT2D eigenvalue weighted by Crippen LogP contribution is 2.32. The molecule has 1 aromatic carbocycles. The van der Waals surface area contributed by atoms with E-state index in [1.165, 1.54) is 37.7 Å². The van der Waals surface area contributed by atoms with Crippen molar-refractivity contribution in [3.8, 4) is 0 Å². The fraction of sp³-hybridized carbons (Fsp3) is 0.579. The van der Waals surface area contributed by atoms with E-state index in [9.17, 15) is 4.79 Å². The molecular weight excluding hydrogens is 304 g/mol. The maximum absolute atomic E-state index is 11.9. The first-order valence-corrected chi connectivity index (χ1v) is 8.95. The van der Waals surface area contributed by atoms with Crippen LogP contribution in [0, 0.1) is 5.41 Å². The monoisotopic (exact) mass is 332 g/mol. The number of carbonyl (C=O) groups excluding carboxylic acids is 1.